The van der Waals surface area contributed by atoms with E-state index < -0.39 is 0 Å². The Labute approximate surface area is 114 Å². The average Bonchev–Trinajstić information content (AvgIpc) is 2.76. The molecule has 0 saturated heterocycles. The molecule has 0 aromatic heterocycles. The highest BCUT2D eigenvalue weighted by atomic mass is 15.3. The third-order valence-electron chi connectivity index (χ3n) is 3.34. The van der Waals surface area contributed by atoms with Gasteiger partial charge in [0, 0.05) is 24.3 Å². The van der Waals surface area contributed by atoms with Crippen LogP contribution in [0.4, 0.5) is 11.4 Å². The van der Waals surface area contributed by atoms with E-state index in [1.165, 1.54) is 11.4 Å². The van der Waals surface area contributed by atoms with E-state index in [0.29, 0.717) is 4.48 Å². The number of benzene rings is 2. The van der Waals surface area contributed by atoms with Gasteiger partial charge in [0.15, 0.2) is 0 Å². The van der Waals surface area contributed by atoms with Gasteiger partial charge >= 0.3 is 0 Å². The standard InChI is InChI=1S/C18H16N/c1-2-10-16-19(15-9-1,17-11-5-3-6-12-17)18-13-7-4-8-14-18/h1-16H/q+1. The number of nitrogens with zero attached hydrogens (tertiary/aromatic N) is 1. The van der Waals surface area contributed by atoms with E-state index in [1.807, 2.05) is 0 Å². The fourth-order valence-corrected chi connectivity index (χ4v) is 2.39. The van der Waals surface area contributed by atoms with Gasteiger partial charge in [0.1, 0.15) is 23.8 Å². The van der Waals surface area contributed by atoms with Crippen molar-refractivity contribution in [3.63, 3.8) is 0 Å². The van der Waals surface area contributed by atoms with Crippen LogP contribution in [0.15, 0.2) is 97.4 Å². The molecule has 2 aromatic rings. The van der Waals surface area contributed by atoms with Crippen molar-refractivity contribution in [1.29, 1.82) is 0 Å². The van der Waals surface area contributed by atoms with Crippen LogP contribution in [0.25, 0.3) is 0 Å². The Balaban J connectivity index is 2.22. The van der Waals surface area contributed by atoms with E-state index in [2.05, 4.69) is 97.4 Å². The molecule has 0 spiro atoms. The SMILES string of the molecule is C1=CC=C[N+](c2ccccc2)(c2ccccc2)C=C1. The zero-order valence-electron chi connectivity index (χ0n) is 10.7. The summed E-state index contributed by atoms with van der Waals surface area (Å²) in [7, 11) is 0. The maximum absolute atomic E-state index is 2.20. The number of hydrogen-bond donors (Lipinski definition) is 0. The molecule has 1 heteroatoms. The Morgan fingerprint density at radius 1 is 0.474 bits per heavy atom. The minimum absolute atomic E-state index is 0.606. The molecule has 2 aromatic carbocycles. The molecule has 0 amide bonds. The lowest BCUT2D eigenvalue weighted by molar-refractivity contribution is 0.673. The molecular weight excluding hydrogens is 230 g/mol. The summed E-state index contributed by atoms with van der Waals surface area (Å²) in [4.78, 5) is 0. The molecule has 0 bridgehead atoms. The molecule has 1 nitrogen and oxygen atoms in total. The predicted octanol–water partition coefficient (Wildman–Crippen LogP) is 4.92. The lowest BCUT2D eigenvalue weighted by Gasteiger charge is -2.29. The van der Waals surface area contributed by atoms with Gasteiger partial charge in [0.2, 0.25) is 0 Å². The van der Waals surface area contributed by atoms with Crippen LogP contribution in [0.3, 0.4) is 0 Å². The van der Waals surface area contributed by atoms with Crippen LogP contribution in [0, 0.1) is 0 Å². The Morgan fingerprint density at radius 3 is 1.32 bits per heavy atom. The van der Waals surface area contributed by atoms with Gasteiger partial charge in [0.25, 0.3) is 0 Å². The van der Waals surface area contributed by atoms with E-state index in [9.17, 15) is 0 Å². The van der Waals surface area contributed by atoms with Crippen LogP contribution in [0.2, 0.25) is 0 Å². The molecule has 0 unspecified atom stereocenters. The number of para-hydroxylation sites is 2. The first kappa shape index (κ1) is 11.7. The first-order valence-corrected chi connectivity index (χ1v) is 6.45. The first-order valence-electron chi connectivity index (χ1n) is 6.45. The van der Waals surface area contributed by atoms with E-state index in [-0.39, 0.29) is 0 Å². The number of quaternary nitrogens is 1. The quantitative estimate of drug-likeness (QED) is 0.659. The van der Waals surface area contributed by atoms with Crippen molar-refractivity contribution < 1.29 is 0 Å². The molecule has 0 fully saturated rings. The first-order chi connectivity index (χ1) is 9.42. The van der Waals surface area contributed by atoms with Crippen molar-refractivity contribution in [3.05, 3.63) is 97.4 Å². The van der Waals surface area contributed by atoms with Crippen molar-refractivity contribution in [2.45, 2.75) is 0 Å². The summed E-state index contributed by atoms with van der Waals surface area (Å²) < 4.78 is 0.606. The van der Waals surface area contributed by atoms with Gasteiger partial charge in [-0.3, -0.25) is 0 Å². The second kappa shape index (κ2) is 5.09. The number of hydrogen-bond acceptors (Lipinski definition) is 0. The Hall–Kier alpha value is -2.38. The molecule has 0 saturated carbocycles. The lowest BCUT2D eigenvalue weighted by Crippen LogP contribution is -2.31. The Kier molecular flexibility index (Phi) is 3.13. The van der Waals surface area contributed by atoms with Crippen LogP contribution < -0.4 is 4.48 Å². The predicted molar refractivity (Wildman–Crippen MR) is 81.8 cm³/mol. The Bertz CT molecular complexity index is 564. The van der Waals surface area contributed by atoms with Gasteiger partial charge < -0.3 is 0 Å². The van der Waals surface area contributed by atoms with Gasteiger partial charge in [-0.2, -0.15) is 0 Å². The molecule has 19 heavy (non-hydrogen) atoms. The molecule has 1 aliphatic rings. The fourth-order valence-electron chi connectivity index (χ4n) is 2.39. The van der Waals surface area contributed by atoms with Crippen LogP contribution >= 0.6 is 0 Å². The van der Waals surface area contributed by atoms with Crippen molar-refractivity contribution in [1.82, 2.24) is 4.48 Å². The minimum atomic E-state index is 0.606. The van der Waals surface area contributed by atoms with Crippen molar-refractivity contribution in [3.8, 4) is 0 Å². The topological polar surface area (TPSA) is 0 Å². The third kappa shape index (κ3) is 2.16. The highest BCUT2D eigenvalue weighted by molar-refractivity contribution is 5.64. The highest BCUT2D eigenvalue weighted by Crippen LogP contribution is 2.36. The Morgan fingerprint density at radius 2 is 0.895 bits per heavy atom. The zero-order chi connectivity index (χ0) is 13.0. The molecule has 0 aliphatic carbocycles. The van der Waals surface area contributed by atoms with Crippen molar-refractivity contribution in [2.24, 2.45) is 0 Å². The van der Waals surface area contributed by atoms with Crippen LogP contribution in [-0.2, 0) is 0 Å². The summed E-state index contributed by atoms with van der Waals surface area (Å²) >= 11 is 0. The minimum Gasteiger partial charge on any atom is -0.207 e. The molecule has 0 N–H and O–H groups in total. The zero-order valence-corrected chi connectivity index (χ0v) is 10.7. The maximum Gasteiger partial charge on any atom is 0.147 e. The lowest BCUT2D eigenvalue weighted by atomic mass is 10.2. The summed E-state index contributed by atoms with van der Waals surface area (Å²) in [5, 5.41) is 0. The summed E-state index contributed by atoms with van der Waals surface area (Å²) in [6.07, 6.45) is 12.7. The van der Waals surface area contributed by atoms with Gasteiger partial charge in [-0.1, -0.05) is 48.6 Å². The van der Waals surface area contributed by atoms with Crippen molar-refractivity contribution >= 4 is 11.4 Å². The molecule has 0 radical (unpaired) electrons. The smallest absolute Gasteiger partial charge is 0.147 e. The second-order valence-corrected chi connectivity index (χ2v) is 4.52. The van der Waals surface area contributed by atoms with E-state index in [1.54, 1.807) is 0 Å². The molecule has 1 heterocycles. The molecule has 92 valence electrons. The molecule has 3 rings (SSSR count). The van der Waals surface area contributed by atoms with Crippen LogP contribution in [0.5, 0.6) is 0 Å². The molecule has 0 atom stereocenters. The van der Waals surface area contributed by atoms with Gasteiger partial charge in [-0.25, -0.2) is 4.48 Å². The van der Waals surface area contributed by atoms with Gasteiger partial charge in [-0.05, 0) is 12.2 Å². The van der Waals surface area contributed by atoms with Crippen molar-refractivity contribution in [2.75, 3.05) is 0 Å². The summed E-state index contributed by atoms with van der Waals surface area (Å²) in [6.45, 7) is 0. The normalized spacial score (nSPS) is 16.2. The summed E-state index contributed by atoms with van der Waals surface area (Å²) in [5.41, 5.74) is 2.45. The third-order valence-corrected chi connectivity index (χ3v) is 3.34. The van der Waals surface area contributed by atoms with Crippen LogP contribution in [0.1, 0.15) is 0 Å². The largest absolute Gasteiger partial charge is 0.207 e. The van der Waals surface area contributed by atoms with E-state index in [0.717, 1.165) is 0 Å². The van der Waals surface area contributed by atoms with Crippen LogP contribution in [-0.4, -0.2) is 0 Å². The summed E-state index contributed by atoms with van der Waals surface area (Å²) in [6, 6.07) is 21.1. The summed E-state index contributed by atoms with van der Waals surface area (Å²) in [5.74, 6) is 0. The maximum atomic E-state index is 2.20. The van der Waals surface area contributed by atoms with Gasteiger partial charge in [-0.15, -0.1) is 0 Å². The molecular formula is C18H16N+. The average molecular weight is 246 g/mol. The molecule has 1 aliphatic heterocycles. The van der Waals surface area contributed by atoms with E-state index >= 15 is 0 Å². The monoisotopic (exact) mass is 246 g/mol. The fraction of sp³-hybridized carbons (Fsp3) is 0. The highest BCUT2D eigenvalue weighted by Gasteiger charge is 2.28. The number of rotatable bonds is 2. The van der Waals surface area contributed by atoms with Gasteiger partial charge in [0.05, 0.1) is 0 Å². The number of allylic oxidation sites excluding steroid dienone is 4. The second-order valence-electron chi connectivity index (χ2n) is 4.52. The van der Waals surface area contributed by atoms with E-state index in [4.69, 9.17) is 0 Å².